The fraction of sp³-hybridized carbons (Fsp3) is 1.00. The third-order valence-electron chi connectivity index (χ3n) is 4.66. The van der Waals surface area contributed by atoms with Gasteiger partial charge in [-0.1, -0.05) is 13.8 Å². The van der Waals surface area contributed by atoms with Crippen LogP contribution in [0.25, 0.3) is 0 Å². The molecular weight excluding hydrogens is 244 g/mol. The number of fused-ring (bicyclic) bond motifs is 1. The smallest absolute Gasteiger partial charge is 0.0444 e. The first-order chi connectivity index (χ1) is 8.49. The van der Waals surface area contributed by atoms with E-state index in [-0.39, 0.29) is 0 Å². The van der Waals surface area contributed by atoms with Crippen LogP contribution in [0, 0.1) is 5.92 Å². The normalized spacial score (nSPS) is 33.6. The van der Waals surface area contributed by atoms with E-state index in [0.717, 1.165) is 12.6 Å². The maximum Gasteiger partial charge on any atom is 0.0444 e. The van der Waals surface area contributed by atoms with Gasteiger partial charge in [0, 0.05) is 54.0 Å². The second kappa shape index (κ2) is 6.02. The Bertz CT molecular complexity index is 308. The minimum Gasteiger partial charge on any atom is -0.298 e. The van der Waals surface area contributed by atoms with Gasteiger partial charge in [0.15, 0.2) is 0 Å². The molecule has 4 unspecified atom stereocenters. The van der Waals surface area contributed by atoms with Crippen molar-refractivity contribution in [1.82, 2.24) is 9.80 Å². The summed E-state index contributed by atoms with van der Waals surface area (Å²) in [5.74, 6) is 0.684. The molecule has 0 spiro atoms. The van der Waals surface area contributed by atoms with Crippen LogP contribution in [0.2, 0.25) is 0 Å². The minimum absolute atomic E-state index is 0.291. The summed E-state index contributed by atoms with van der Waals surface area (Å²) in [5.41, 5.74) is 0. The summed E-state index contributed by atoms with van der Waals surface area (Å²) >= 11 is 0. The predicted molar refractivity (Wildman–Crippen MR) is 78.3 cm³/mol. The third kappa shape index (κ3) is 3.14. The first-order valence-electron chi connectivity index (χ1n) is 7.29. The van der Waals surface area contributed by atoms with E-state index < -0.39 is 10.8 Å². The molecule has 2 heterocycles. The van der Waals surface area contributed by atoms with Crippen LogP contribution in [0.3, 0.4) is 0 Å². The summed E-state index contributed by atoms with van der Waals surface area (Å²) in [5, 5.41) is 0.291. The van der Waals surface area contributed by atoms with Crippen LogP contribution in [0.5, 0.6) is 0 Å². The summed E-state index contributed by atoms with van der Waals surface area (Å²) < 4.78 is 11.6. The first-order valence-corrected chi connectivity index (χ1v) is 8.91. The van der Waals surface area contributed by atoms with Crippen molar-refractivity contribution in [2.75, 3.05) is 32.4 Å². The van der Waals surface area contributed by atoms with Gasteiger partial charge in [0.1, 0.15) is 0 Å². The highest BCUT2D eigenvalue weighted by Gasteiger charge is 2.37. The van der Waals surface area contributed by atoms with E-state index in [4.69, 9.17) is 0 Å². The topological polar surface area (TPSA) is 23.6 Å². The lowest BCUT2D eigenvalue weighted by molar-refractivity contribution is 0.0303. The standard InChI is InChI=1S/C14H28N2OS/c1-11(2)14-10-15-7-5-6-13(15)9-16(14)8-12(3)18(4)17/h11-14H,5-10H2,1-4H3. The quantitative estimate of drug-likeness (QED) is 0.776. The molecule has 3 nitrogen and oxygen atoms in total. The van der Waals surface area contributed by atoms with Crippen molar-refractivity contribution in [2.45, 2.75) is 50.9 Å². The maximum absolute atomic E-state index is 11.6. The molecule has 2 rings (SSSR count). The molecule has 18 heavy (non-hydrogen) atoms. The average molecular weight is 272 g/mol. The van der Waals surface area contributed by atoms with Crippen LogP contribution in [0.4, 0.5) is 0 Å². The Kier molecular flexibility index (Phi) is 4.84. The van der Waals surface area contributed by atoms with Gasteiger partial charge in [-0.3, -0.25) is 14.0 Å². The van der Waals surface area contributed by atoms with Crippen molar-refractivity contribution in [3.8, 4) is 0 Å². The predicted octanol–water partition coefficient (Wildman–Crippen LogP) is 1.56. The Morgan fingerprint density at radius 3 is 2.61 bits per heavy atom. The van der Waals surface area contributed by atoms with Gasteiger partial charge >= 0.3 is 0 Å². The highest BCUT2D eigenvalue weighted by molar-refractivity contribution is 7.84. The largest absolute Gasteiger partial charge is 0.298 e. The molecule has 2 aliphatic heterocycles. The van der Waals surface area contributed by atoms with E-state index >= 15 is 0 Å². The number of piperazine rings is 1. The van der Waals surface area contributed by atoms with Crippen molar-refractivity contribution in [3.63, 3.8) is 0 Å². The third-order valence-corrected chi connectivity index (χ3v) is 5.95. The average Bonchev–Trinajstić information content (AvgIpc) is 2.74. The molecular formula is C14H28N2OS. The summed E-state index contributed by atoms with van der Waals surface area (Å²) in [7, 11) is -0.702. The van der Waals surface area contributed by atoms with Crippen LogP contribution >= 0.6 is 0 Å². The van der Waals surface area contributed by atoms with E-state index in [9.17, 15) is 4.21 Å². The van der Waals surface area contributed by atoms with Crippen molar-refractivity contribution >= 4 is 10.8 Å². The molecule has 106 valence electrons. The summed E-state index contributed by atoms with van der Waals surface area (Å²) in [6.45, 7) is 11.4. The van der Waals surface area contributed by atoms with Gasteiger partial charge < -0.3 is 0 Å². The van der Waals surface area contributed by atoms with Gasteiger partial charge in [-0.25, -0.2) is 0 Å². The molecule has 0 amide bonds. The molecule has 0 N–H and O–H groups in total. The van der Waals surface area contributed by atoms with Crippen LogP contribution in [-0.2, 0) is 10.8 Å². The van der Waals surface area contributed by atoms with E-state index in [1.807, 2.05) is 6.26 Å². The Labute approximate surface area is 114 Å². The molecule has 0 bridgehead atoms. The van der Waals surface area contributed by atoms with Crippen LogP contribution in [0.15, 0.2) is 0 Å². The van der Waals surface area contributed by atoms with Gasteiger partial charge in [0.25, 0.3) is 0 Å². The lowest BCUT2D eigenvalue weighted by Crippen LogP contribution is -2.59. The van der Waals surface area contributed by atoms with Crippen molar-refractivity contribution in [3.05, 3.63) is 0 Å². The molecule has 0 radical (unpaired) electrons. The fourth-order valence-corrected chi connectivity index (χ4v) is 3.78. The zero-order chi connectivity index (χ0) is 13.3. The molecule has 0 aromatic rings. The monoisotopic (exact) mass is 272 g/mol. The van der Waals surface area contributed by atoms with Crippen LogP contribution in [0.1, 0.15) is 33.6 Å². The molecule has 4 atom stereocenters. The highest BCUT2D eigenvalue weighted by Crippen LogP contribution is 2.27. The Morgan fingerprint density at radius 2 is 2.00 bits per heavy atom. The second-order valence-electron chi connectivity index (χ2n) is 6.37. The highest BCUT2D eigenvalue weighted by atomic mass is 32.2. The molecule has 0 saturated carbocycles. The van der Waals surface area contributed by atoms with E-state index in [1.165, 1.54) is 32.5 Å². The van der Waals surface area contributed by atoms with Gasteiger partial charge in [-0.2, -0.15) is 0 Å². The van der Waals surface area contributed by atoms with Gasteiger partial charge in [-0.05, 0) is 32.2 Å². The number of hydrogen-bond acceptors (Lipinski definition) is 3. The van der Waals surface area contributed by atoms with E-state index in [1.54, 1.807) is 0 Å². The molecule has 0 aromatic heterocycles. The lowest BCUT2D eigenvalue weighted by Gasteiger charge is -2.46. The van der Waals surface area contributed by atoms with Crippen LogP contribution in [-0.4, -0.2) is 63.8 Å². The van der Waals surface area contributed by atoms with Crippen molar-refractivity contribution in [1.29, 1.82) is 0 Å². The van der Waals surface area contributed by atoms with E-state index in [0.29, 0.717) is 17.2 Å². The number of nitrogens with zero attached hydrogens (tertiary/aromatic N) is 2. The Morgan fingerprint density at radius 1 is 1.28 bits per heavy atom. The molecule has 4 heteroatoms. The maximum atomic E-state index is 11.6. The van der Waals surface area contributed by atoms with Crippen molar-refractivity contribution < 1.29 is 4.21 Å². The SMILES string of the molecule is CC(C)C1CN2CCCC2CN1CC(C)S(C)=O. The molecule has 2 fully saturated rings. The first kappa shape index (κ1) is 14.5. The number of rotatable bonds is 4. The Balaban J connectivity index is 2.02. The molecule has 2 saturated heterocycles. The summed E-state index contributed by atoms with van der Waals surface area (Å²) in [6.07, 6.45) is 4.55. The van der Waals surface area contributed by atoms with E-state index in [2.05, 4.69) is 30.6 Å². The van der Waals surface area contributed by atoms with Gasteiger partial charge in [0.05, 0.1) is 0 Å². The van der Waals surface area contributed by atoms with Crippen molar-refractivity contribution in [2.24, 2.45) is 5.92 Å². The van der Waals surface area contributed by atoms with Crippen LogP contribution < -0.4 is 0 Å². The molecule has 0 aromatic carbocycles. The summed E-state index contributed by atoms with van der Waals surface area (Å²) in [4.78, 5) is 5.29. The zero-order valence-corrected chi connectivity index (χ0v) is 13.1. The zero-order valence-electron chi connectivity index (χ0n) is 12.3. The second-order valence-corrected chi connectivity index (χ2v) is 8.17. The van der Waals surface area contributed by atoms with Gasteiger partial charge in [-0.15, -0.1) is 0 Å². The van der Waals surface area contributed by atoms with Gasteiger partial charge in [0.2, 0.25) is 0 Å². The number of hydrogen-bond donors (Lipinski definition) is 0. The lowest BCUT2D eigenvalue weighted by atomic mass is 9.97. The summed E-state index contributed by atoms with van der Waals surface area (Å²) in [6, 6.07) is 1.41. The Hall–Kier alpha value is 0.0700. The molecule has 0 aliphatic carbocycles. The molecule has 2 aliphatic rings. The fourth-order valence-electron chi connectivity index (χ4n) is 3.38. The minimum atomic E-state index is -0.702.